The van der Waals surface area contributed by atoms with E-state index in [1.807, 2.05) is 6.07 Å². The van der Waals surface area contributed by atoms with Crippen LogP contribution in [0, 0.1) is 17.2 Å². The van der Waals surface area contributed by atoms with Gasteiger partial charge in [-0.1, -0.05) is 0 Å². The quantitative estimate of drug-likeness (QED) is 0.549. The molecule has 1 amide bonds. The molecule has 1 fully saturated rings. The molecule has 1 saturated heterocycles. The minimum atomic E-state index is -0.251. The van der Waals surface area contributed by atoms with Crippen molar-refractivity contribution in [2.45, 2.75) is 12.5 Å². The lowest BCUT2D eigenvalue weighted by atomic mass is 10.0. The van der Waals surface area contributed by atoms with Gasteiger partial charge in [0.25, 0.3) is 0 Å². The highest BCUT2D eigenvalue weighted by atomic mass is 16.5. The molecule has 1 heterocycles. The molecule has 0 aromatic rings. The fraction of sp³-hybridized carbons (Fsp3) is 0.750. The van der Waals surface area contributed by atoms with Gasteiger partial charge in [-0.05, 0) is 0 Å². The van der Waals surface area contributed by atoms with Crippen LogP contribution in [0.15, 0.2) is 0 Å². The van der Waals surface area contributed by atoms with Crippen LogP contribution in [0.4, 0.5) is 0 Å². The van der Waals surface area contributed by atoms with Crippen LogP contribution < -0.4 is 11.1 Å². The second-order valence-corrected chi connectivity index (χ2v) is 3.01. The predicted molar refractivity (Wildman–Crippen MR) is 45.5 cm³/mol. The monoisotopic (exact) mass is 183 g/mol. The molecule has 0 bridgehead atoms. The van der Waals surface area contributed by atoms with Crippen LogP contribution in [0.5, 0.6) is 0 Å². The molecule has 1 aliphatic heterocycles. The van der Waals surface area contributed by atoms with Crippen molar-refractivity contribution in [3.63, 3.8) is 0 Å². The Morgan fingerprint density at radius 3 is 3.00 bits per heavy atom. The summed E-state index contributed by atoms with van der Waals surface area (Å²) in [7, 11) is 0. The van der Waals surface area contributed by atoms with E-state index in [1.54, 1.807) is 0 Å². The van der Waals surface area contributed by atoms with E-state index < -0.39 is 0 Å². The van der Waals surface area contributed by atoms with E-state index in [4.69, 9.17) is 15.7 Å². The zero-order valence-electron chi connectivity index (χ0n) is 7.32. The number of ether oxygens (including phenoxy) is 1. The fourth-order valence-corrected chi connectivity index (χ4v) is 1.21. The summed E-state index contributed by atoms with van der Waals surface area (Å²) in [6.07, 6.45) is 0.328. The van der Waals surface area contributed by atoms with Crippen LogP contribution in [-0.4, -0.2) is 31.7 Å². The first-order chi connectivity index (χ1) is 6.25. The Bertz CT molecular complexity index is 224. The number of nitrogens with zero attached hydrogens (tertiary/aromatic N) is 1. The number of hydrogen-bond acceptors (Lipinski definition) is 4. The van der Waals surface area contributed by atoms with Gasteiger partial charge in [0, 0.05) is 12.6 Å². The van der Waals surface area contributed by atoms with Crippen LogP contribution in [0.25, 0.3) is 0 Å². The minimum absolute atomic E-state index is 0.111. The summed E-state index contributed by atoms with van der Waals surface area (Å²) in [6, 6.07) is 1.74. The fourth-order valence-electron chi connectivity index (χ4n) is 1.21. The first kappa shape index (κ1) is 9.96. The number of nitriles is 1. The third-order valence-electron chi connectivity index (χ3n) is 2.00. The molecular formula is C8H13N3O2. The molecule has 0 aliphatic carbocycles. The Kier molecular flexibility index (Phi) is 3.68. The number of nitrogens with one attached hydrogen (secondary N) is 1. The maximum Gasteiger partial charge on any atom is 0.227 e. The molecule has 5 nitrogen and oxygen atoms in total. The molecule has 3 N–H and O–H groups in total. The van der Waals surface area contributed by atoms with E-state index in [1.165, 1.54) is 0 Å². The molecule has 0 saturated carbocycles. The van der Waals surface area contributed by atoms with Gasteiger partial charge >= 0.3 is 0 Å². The second-order valence-electron chi connectivity index (χ2n) is 3.01. The second kappa shape index (κ2) is 4.80. The van der Waals surface area contributed by atoms with E-state index in [0.29, 0.717) is 26.2 Å². The van der Waals surface area contributed by atoms with Gasteiger partial charge in [0.2, 0.25) is 5.91 Å². The lowest BCUT2D eigenvalue weighted by molar-refractivity contribution is -0.125. The molecule has 2 atom stereocenters. The summed E-state index contributed by atoms with van der Waals surface area (Å²) in [5.74, 6) is -0.362. The van der Waals surface area contributed by atoms with Crippen molar-refractivity contribution >= 4 is 5.91 Å². The maximum atomic E-state index is 11.4. The Morgan fingerprint density at radius 2 is 2.46 bits per heavy atom. The van der Waals surface area contributed by atoms with Crippen LogP contribution in [0.1, 0.15) is 6.42 Å². The smallest absolute Gasteiger partial charge is 0.227 e. The van der Waals surface area contributed by atoms with Crippen molar-refractivity contribution in [1.29, 1.82) is 5.26 Å². The van der Waals surface area contributed by atoms with Gasteiger partial charge < -0.3 is 15.8 Å². The van der Waals surface area contributed by atoms with Gasteiger partial charge in [-0.3, -0.25) is 4.79 Å². The highest BCUT2D eigenvalue weighted by Crippen LogP contribution is 2.11. The molecule has 0 spiro atoms. The van der Waals surface area contributed by atoms with Gasteiger partial charge in [-0.25, -0.2) is 0 Å². The van der Waals surface area contributed by atoms with E-state index in [2.05, 4.69) is 5.32 Å². The molecule has 13 heavy (non-hydrogen) atoms. The summed E-state index contributed by atoms with van der Waals surface area (Å²) in [5.41, 5.74) is 5.63. The Balaban J connectivity index is 2.27. The number of carbonyl (C=O) groups is 1. The summed E-state index contributed by atoms with van der Waals surface area (Å²) in [6.45, 7) is 1.22. The molecule has 72 valence electrons. The van der Waals surface area contributed by atoms with Crippen molar-refractivity contribution in [1.82, 2.24) is 5.32 Å². The molecule has 2 unspecified atom stereocenters. The molecule has 1 aliphatic rings. The SMILES string of the molecule is N#CCCNC(=O)C1COCC1N. The molecule has 0 aromatic carbocycles. The van der Waals surface area contributed by atoms with E-state index >= 15 is 0 Å². The lowest BCUT2D eigenvalue weighted by Crippen LogP contribution is -2.41. The molecule has 0 radical (unpaired) electrons. The number of hydrogen-bond donors (Lipinski definition) is 2. The average Bonchev–Trinajstić information content (AvgIpc) is 2.52. The largest absolute Gasteiger partial charge is 0.379 e. The van der Waals surface area contributed by atoms with Crippen LogP contribution >= 0.6 is 0 Å². The third-order valence-corrected chi connectivity index (χ3v) is 2.00. The van der Waals surface area contributed by atoms with Crippen molar-refractivity contribution in [3.05, 3.63) is 0 Å². The topological polar surface area (TPSA) is 88.1 Å². The molecule has 0 aromatic heterocycles. The number of carbonyl (C=O) groups excluding carboxylic acids is 1. The zero-order chi connectivity index (χ0) is 9.68. The molecule has 5 heteroatoms. The predicted octanol–water partition coefficient (Wildman–Crippen LogP) is -1.01. The van der Waals surface area contributed by atoms with Crippen LogP contribution in [0.3, 0.4) is 0 Å². The van der Waals surface area contributed by atoms with Crippen LogP contribution in [0.2, 0.25) is 0 Å². The van der Waals surface area contributed by atoms with Gasteiger partial charge in [-0.2, -0.15) is 5.26 Å². The van der Waals surface area contributed by atoms with Crippen molar-refractivity contribution < 1.29 is 9.53 Å². The average molecular weight is 183 g/mol. The van der Waals surface area contributed by atoms with Crippen molar-refractivity contribution in [2.24, 2.45) is 11.7 Å². The Hall–Kier alpha value is -1.12. The van der Waals surface area contributed by atoms with Gasteiger partial charge in [0.1, 0.15) is 0 Å². The highest BCUT2D eigenvalue weighted by molar-refractivity contribution is 5.79. The number of nitrogens with two attached hydrogens (primary N) is 1. The summed E-state index contributed by atoms with van der Waals surface area (Å²) >= 11 is 0. The first-order valence-electron chi connectivity index (χ1n) is 4.23. The number of amides is 1. The van der Waals surface area contributed by atoms with E-state index in [9.17, 15) is 4.79 Å². The number of rotatable bonds is 3. The minimum Gasteiger partial charge on any atom is -0.379 e. The van der Waals surface area contributed by atoms with Gasteiger partial charge in [0.05, 0.1) is 31.6 Å². The molecular weight excluding hydrogens is 170 g/mol. The Labute approximate surface area is 76.8 Å². The Morgan fingerprint density at radius 1 is 1.69 bits per heavy atom. The van der Waals surface area contributed by atoms with E-state index in [0.717, 1.165) is 0 Å². The maximum absolute atomic E-state index is 11.4. The highest BCUT2D eigenvalue weighted by Gasteiger charge is 2.30. The van der Waals surface area contributed by atoms with Gasteiger partial charge in [0.15, 0.2) is 0 Å². The summed E-state index contributed by atoms with van der Waals surface area (Å²) in [4.78, 5) is 11.4. The van der Waals surface area contributed by atoms with Gasteiger partial charge in [-0.15, -0.1) is 0 Å². The van der Waals surface area contributed by atoms with Crippen molar-refractivity contribution in [2.75, 3.05) is 19.8 Å². The zero-order valence-corrected chi connectivity index (χ0v) is 7.32. The third kappa shape index (κ3) is 2.68. The first-order valence-corrected chi connectivity index (χ1v) is 4.23. The normalized spacial score (nSPS) is 26.8. The standard InChI is InChI=1S/C8H13N3O2/c9-2-1-3-11-8(12)6-4-13-5-7(6)10/h6-7H,1,3-5,10H2,(H,11,12). The van der Waals surface area contributed by atoms with E-state index in [-0.39, 0.29) is 17.9 Å². The van der Waals surface area contributed by atoms with Crippen molar-refractivity contribution in [3.8, 4) is 6.07 Å². The summed E-state index contributed by atoms with van der Waals surface area (Å²) < 4.78 is 5.05. The lowest BCUT2D eigenvalue weighted by Gasteiger charge is -2.11. The van der Waals surface area contributed by atoms with Crippen LogP contribution in [-0.2, 0) is 9.53 Å². The molecule has 1 rings (SSSR count). The summed E-state index contributed by atoms with van der Waals surface area (Å²) in [5, 5.41) is 10.9.